The van der Waals surface area contributed by atoms with Gasteiger partial charge in [0.05, 0.1) is 12.3 Å². The molecule has 1 aromatic heterocycles. The van der Waals surface area contributed by atoms with Gasteiger partial charge in [0.1, 0.15) is 17.2 Å². The lowest BCUT2D eigenvalue weighted by Gasteiger charge is -2.12. The maximum Gasteiger partial charge on any atom is 0.274 e. The summed E-state index contributed by atoms with van der Waals surface area (Å²) in [5.74, 6) is 1.70. The van der Waals surface area contributed by atoms with Crippen LogP contribution in [0.1, 0.15) is 17.4 Å². The Labute approximate surface area is 146 Å². The molecule has 0 aliphatic rings. The molecule has 126 valence electrons. The van der Waals surface area contributed by atoms with E-state index in [2.05, 4.69) is 10.3 Å². The van der Waals surface area contributed by atoms with E-state index in [1.807, 2.05) is 43.3 Å². The minimum Gasteiger partial charge on any atom is -0.494 e. The predicted molar refractivity (Wildman–Crippen MR) is 96.3 cm³/mol. The average molecular weight is 334 g/mol. The van der Waals surface area contributed by atoms with E-state index < -0.39 is 0 Å². The number of aromatic nitrogens is 1. The summed E-state index contributed by atoms with van der Waals surface area (Å²) in [6.07, 6.45) is 1.58. The first-order valence-electron chi connectivity index (χ1n) is 7.98. The van der Waals surface area contributed by atoms with Crippen molar-refractivity contribution in [1.82, 2.24) is 4.98 Å². The molecule has 0 bridgehead atoms. The minimum atomic E-state index is -0.289. The van der Waals surface area contributed by atoms with Gasteiger partial charge in [0.15, 0.2) is 5.75 Å². The highest BCUT2D eigenvalue weighted by atomic mass is 16.5. The van der Waals surface area contributed by atoms with Gasteiger partial charge < -0.3 is 14.8 Å². The first-order chi connectivity index (χ1) is 12.3. The molecule has 0 aliphatic carbocycles. The monoisotopic (exact) mass is 334 g/mol. The number of para-hydroxylation sites is 2. The van der Waals surface area contributed by atoms with Gasteiger partial charge in [0.2, 0.25) is 0 Å². The topological polar surface area (TPSA) is 60.5 Å². The van der Waals surface area contributed by atoms with Gasteiger partial charge in [-0.25, -0.2) is 0 Å². The van der Waals surface area contributed by atoms with Gasteiger partial charge in [-0.3, -0.25) is 9.78 Å². The highest BCUT2D eigenvalue weighted by Crippen LogP contribution is 2.30. The highest BCUT2D eigenvalue weighted by molar-refractivity contribution is 6.03. The van der Waals surface area contributed by atoms with Crippen LogP contribution in [0.5, 0.6) is 17.2 Å². The Kier molecular flexibility index (Phi) is 5.26. The molecule has 0 spiro atoms. The largest absolute Gasteiger partial charge is 0.494 e. The lowest BCUT2D eigenvalue weighted by atomic mass is 10.2. The van der Waals surface area contributed by atoms with Gasteiger partial charge >= 0.3 is 0 Å². The molecule has 0 fully saturated rings. The third kappa shape index (κ3) is 4.35. The zero-order valence-corrected chi connectivity index (χ0v) is 13.8. The van der Waals surface area contributed by atoms with E-state index in [-0.39, 0.29) is 5.91 Å². The zero-order chi connectivity index (χ0) is 17.5. The minimum absolute atomic E-state index is 0.289. The van der Waals surface area contributed by atoms with Crippen LogP contribution in [-0.2, 0) is 0 Å². The van der Waals surface area contributed by atoms with Crippen LogP contribution in [-0.4, -0.2) is 17.5 Å². The summed E-state index contributed by atoms with van der Waals surface area (Å²) in [5.41, 5.74) is 0.922. The van der Waals surface area contributed by atoms with E-state index >= 15 is 0 Å². The van der Waals surface area contributed by atoms with Crippen LogP contribution in [0.4, 0.5) is 5.69 Å². The second-order valence-electron chi connectivity index (χ2n) is 5.17. The van der Waals surface area contributed by atoms with Crippen molar-refractivity contribution in [2.24, 2.45) is 0 Å². The molecule has 1 heterocycles. The number of nitrogens with one attached hydrogen (secondary N) is 1. The Morgan fingerprint density at radius 3 is 2.40 bits per heavy atom. The number of nitrogens with zero attached hydrogens (tertiary/aromatic N) is 1. The van der Waals surface area contributed by atoms with Gasteiger partial charge in [-0.15, -0.1) is 0 Å². The van der Waals surface area contributed by atoms with Crippen molar-refractivity contribution in [2.45, 2.75) is 6.92 Å². The van der Waals surface area contributed by atoms with Crippen LogP contribution < -0.4 is 14.8 Å². The number of carbonyl (C=O) groups is 1. The Morgan fingerprint density at radius 1 is 0.960 bits per heavy atom. The van der Waals surface area contributed by atoms with Crippen LogP contribution in [0.25, 0.3) is 0 Å². The molecule has 5 heteroatoms. The molecular formula is C20H18N2O3. The van der Waals surface area contributed by atoms with Crippen molar-refractivity contribution in [3.05, 3.63) is 78.6 Å². The maximum absolute atomic E-state index is 12.3. The fraction of sp³-hybridized carbons (Fsp3) is 0.100. The number of anilines is 1. The van der Waals surface area contributed by atoms with Gasteiger partial charge in [0, 0.05) is 6.20 Å². The number of rotatable bonds is 6. The van der Waals surface area contributed by atoms with Crippen LogP contribution in [0.3, 0.4) is 0 Å². The first kappa shape index (κ1) is 16.5. The number of carbonyl (C=O) groups excluding carboxylic acids is 1. The van der Waals surface area contributed by atoms with Crippen molar-refractivity contribution >= 4 is 11.6 Å². The van der Waals surface area contributed by atoms with Crippen molar-refractivity contribution in [2.75, 3.05) is 11.9 Å². The van der Waals surface area contributed by atoms with Gasteiger partial charge in [-0.1, -0.05) is 18.2 Å². The molecule has 1 amide bonds. The highest BCUT2D eigenvalue weighted by Gasteiger charge is 2.11. The molecule has 0 saturated heterocycles. The van der Waals surface area contributed by atoms with E-state index in [4.69, 9.17) is 9.47 Å². The number of benzene rings is 2. The predicted octanol–water partition coefficient (Wildman–Crippen LogP) is 4.52. The average Bonchev–Trinajstić information content (AvgIpc) is 2.66. The standard InChI is InChI=1S/C20H18N2O3/c1-2-24-15-10-12-16(13-11-15)25-19-9-4-3-7-17(19)22-20(23)18-8-5-6-14-21-18/h3-14H,2H2,1H3,(H,22,23). The quantitative estimate of drug-likeness (QED) is 0.720. The van der Waals surface area contributed by atoms with Crippen molar-refractivity contribution in [3.63, 3.8) is 0 Å². The summed E-state index contributed by atoms with van der Waals surface area (Å²) in [7, 11) is 0. The van der Waals surface area contributed by atoms with Crippen LogP contribution in [0.2, 0.25) is 0 Å². The summed E-state index contributed by atoms with van der Waals surface area (Å²) in [6, 6.07) is 19.8. The third-order valence-corrected chi connectivity index (χ3v) is 3.40. The van der Waals surface area contributed by atoms with Crippen molar-refractivity contribution in [3.8, 4) is 17.2 Å². The molecule has 0 saturated carbocycles. The molecule has 2 aromatic carbocycles. The number of ether oxygens (including phenoxy) is 2. The van der Waals surface area contributed by atoms with Gasteiger partial charge in [-0.05, 0) is 55.5 Å². The Bertz CT molecular complexity index is 833. The van der Waals surface area contributed by atoms with Crippen LogP contribution in [0, 0.1) is 0 Å². The number of hydrogen-bond donors (Lipinski definition) is 1. The Hall–Kier alpha value is -3.34. The number of pyridine rings is 1. The molecule has 25 heavy (non-hydrogen) atoms. The smallest absolute Gasteiger partial charge is 0.274 e. The molecule has 0 radical (unpaired) electrons. The SMILES string of the molecule is CCOc1ccc(Oc2ccccc2NC(=O)c2ccccn2)cc1. The second-order valence-corrected chi connectivity index (χ2v) is 5.17. The van der Waals surface area contributed by atoms with Crippen molar-refractivity contribution < 1.29 is 14.3 Å². The summed E-state index contributed by atoms with van der Waals surface area (Å²) in [6.45, 7) is 2.55. The maximum atomic E-state index is 12.3. The van der Waals surface area contributed by atoms with E-state index in [1.165, 1.54) is 0 Å². The summed E-state index contributed by atoms with van der Waals surface area (Å²) in [4.78, 5) is 16.3. The lowest BCUT2D eigenvalue weighted by molar-refractivity contribution is 0.102. The molecule has 3 rings (SSSR count). The Balaban J connectivity index is 1.75. The molecule has 0 unspecified atom stereocenters. The summed E-state index contributed by atoms with van der Waals surface area (Å²) < 4.78 is 11.3. The number of hydrogen-bond acceptors (Lipinski definition) is 4. The lowest BCUT2D eigenvalue weighted by Crippen LogP contribution is -2.13. The molecule has 0 aliphatic heterocycles. The molecule has 3 aromatic rings. The third-order valence-electron chi connectivity index (χ3n) is 3.40. The van der Waals surface area contributed by atoms with Crippen molar-refractivity contribution in [1.29, 1.82) is 0 Å². The summed E-state index contributed by atoms with van der Waals surface area (Å²) in [5, 5.41) is 2.83. The number of amides is 1. The van der Waals surface area contributed by atoms with E-state index in [0.717, 1.165) is 5.75 Å². The van der Waals surface area contributed by atoms with Gasteiger partial charge in [-0.2, -0.15) is 0 Å². The van der Waals surface area contributed by atoms with Gasteiger partial charge in [0.25, 0.3) is 5.91 Å². The molecule has 5 nitrogen and oxygen atoms in total. The Morgan fingerprint density at radius 2 is 1.68 bits per heavy atom. The molecular weight excluding hydrogens is 316 g/mol. The first-order valence-corrected chi connectivity index (χ1v) is 7.98. The van der Waals surface area contributed by atoms with E-state index in [1.54, 1.807) is 36.5 Å². The van der Waals surface area contributed by atoms with Crippen LogP contribution >= 0.6 is 0 Å². The molecule has 0 atom stereocenters. The normalized spacial score (nSPS) is 10.1. The summed E-state index contributed by atoms with van der Waals surface area (Å²) >= 11 is 0. The van der Waals surface area contributed by atoms with E-state index in [9.17, 15) is 4.79 Å². The second kappa shape index (κ2) is 7.97. The fourth-order valence-corrected chi connectivity index (χ4v) is 2.24. The van der Waals surface area contributed by atoms with E-state index in [0.29, 0.717) is 29.5 Å². The zero-order valence-electron chi connectivity index (χ0n) is 13.8. The molecule has 1 N–H and O–H groups in total. The van der Waals surface area contributed by atoms with Crippen LogP contribution in [0.15, 0.2) is 72.9 Å². The fourth-order valence-electron chi connectivity index (χ4n) is 2.24.